The third-order valence-corrected chi connectivity index (χ3v) is 5.01. The summed E-state index contributed by atoms with van der Waals surface area (Å²) >= 11 is 1.68. The van der Waals surface area contributed by atoms with Crippen molar-refractivity contribution in [3.05, 3.63) is 57.8 Å². The van der Waals surface area contributed by atoms with Gasteiger partial charge in [-0.15, -0.1) is 11.3 Å². The predicted molar refractivity (Wildman–Crippen MR) is 86.9 cm³/mol. The molecule has 0 spiro atoms. The van der Waals surface area contributed by atoms with Gasteiger partial charge in [-0.25, -0.2) is 0 Å². The van der Waals surface area contributed by atoms with E-state index in [1.807, 2.05) is 52.0 Å². The second-order valence-corrected chi connectivity index (χ2v) is 6.73. The second-order valence-electron chi connectivity index (χ2n) is 5.72. The van der Waals surface area contributed by atoms with Gasteiger partial charge in [0.05, 0.1) is 12.6 Å². The Morgan fingerprint density at radius 2 is 2.00 bits per heavy atom. The van der Waals surface area contributed by atoms with Crippen LogP contribution in [0.1, 0.15) is 22.0 Å². The van der Waals surface area contributed by atoms with Gasteiger partial charge in [-0.3, -0.25) is 9.69 Å². The number of fused-ring (bicyclic) bond motifs is 1. The van der Waals surface area contributed by atoms with E-state index >= 15 is 0 Å². The number of nitrogens with one attached hydrogen (secondary N) is 1. The van der Waals surface area contributed by atoms with Crippen molar-refractivity contribution in [3.63, 3.8) is 0 Å². The molecule has 0 radical (unpaired) electrons. The number of rotatable bonds is 4. The molecule has 1 aliphatic rings. The molecule has 128 valence electrons. The minimum atomic E-state index is -4.39. The molecule has 3 nitrogen and oxygen atoms in total. The average molecular weight is 354 g/mol. The number of thiophene rings is 1. The van der Waals surface area contributed by atoms with Crippen LogP contribution in [0.5, 0.6) is 0 Å². The molecule has 1 aromatic heterocycles. The van der Waals surface area contributed by atoms with Crippen LogP contribution in [0.25, 0.3) is 0 Å². The summed E-state index contributed by atoms with van der Waals surface area (Å²) in [6.07, 6.45) is -3.58. The number of carbonyl (C=O) groups is 1. The normalized spacial score (nSPS) is 18.2. The molecule has 1 aliphatic heterocycles. The van der Waals surface area contributed by atoms with Crippen LogP contribution < -0.4 is 5.32 Å². The van der Waals surface area contributed by atoms with Gasteiger partial charge < -0.3 is 5.32 Å². The molecule has 0 saturated carbocycles. The molecule has 24 heavy (non-hydrogen) atoms. The van der Waals surface area contributed by atoms with Crippen LogP contribution in [0.3, 0.4) is 0 Å². The number of amides is 1. The maximum atomic E-state index is 12.3. The molecular weight excluding hydrogens is 337 g/mol. The van der Waals surface area contributed by atoms with Crippen LogP contribution in [0.15, 0.2) is 41.8 Å². The van der Waals surface area contributed by atoms with Crippen molar-refractivity contribution in [1.82, 2.24) is 10.2 Å². The number of carbonyl (C=O) groups excluding carboxylic acids is 1. The zero-order chi connectivity index (χ0) is 17.2. The van der Waals surface area contributed by atoms with Crippen molar-refractivity contribution < 1.29 is 18.0 Å². The molecule has 0 saturated heterocycles. The van der Waals surface area contributed by atoms with Gasteiger partial charge in [0.15, 0.2) is 0 Å². The van der Waals surface area contributed by atoms with E-state index in [1.54, 1.807) is 11.3 Å². The predicted octanol–water partition coefficient (Wildman–Crippen LogP) is 3.37. The van der Waals surface area contributed by atoms with Crippen molar-refractivity contribution in [2.45, 2.75) is 18.6 Å². The highest BCUT2D eigenvalue weighted by Crippen LogP contribution is 2.37. The summed E-state index contributed by atoms with van der Waals surface area (Å²) in [6.45, 7) is -0.698. The molecule has 2 heterocycles. The van der Waals surface area contributed by atoms with Crippen molar-refractivity contribution in [1.29, 1.82) is 0 Å². The lowest BCUT2D eigenvalue weighted by molar-refractivity contribution is -0.139. The monoisotopic (exact) mass is 354 g/mol. The zero-order valence-electron chi connectivity index (χ0n) is 12.8. The lowest BCUT2D eigenvalue weighted by Crippen LogP contribution is -2.44. The highest BCUT2D eigenvalue weighted by atomic mass is 32.1. The van der Waals surface area contributed by atoms with Gasteiger partial charge in [-0.2, -0.15) is 13.2 Å². The van der Waals surface area contributed by atoms with E-state index in [9.17, 15) is 18.0 Å². The fraction of sp³-hybridized carbons (Fsp3) is 0.353. The summed E-state index contributed by atoms with van der Waals surface area (Å²) in [4.78, 5) is 15.1. The minimum absolute atomic E-state index is 0.0507. The zero-order valence-corrected chi connectivity index (χ0v) is 13.7. The van der Waals surface area contributed by atoms with Crippen LogP contribution in [0.2, 0.25) is 0 Å². The molecule has 0 bridgehead atoms. The van der Waals surface area contributed by atoms with Gasteiger partial charge in [0.2, 0.25) is 5.91 Å². The molecule has 1 amide bonds. The van der Waals surface area contributed by atoms with E-state index in [4.69, 9.17) is 0 Å². The van der Waals surface area contributed by atoms with Crippen LogP contribution in [-0.4, -0.2) is 36.6 Å². The Bertz CT molecular complexity index is 699. The fourth-order valence-electron chi connectivity index (χ4n) is 3.00. The summed E-state index contributed by atoms with van der Waals surface area (Å²) < 4.78 is 36.8. The summed E-state index contributed by atoms with van der Waals surface area (Å²) in [5.41, 5.74) is 2.18. The van der Waals surface area contributed by atoms with Crippen LogP contribution in [0, 0.1) is 0 Å². The van der Waals surface area contributed by atoms with Gasteiger partial charge in [-0.1, -0.05) is 30.3 Å². The summed E-state index contributed by atoms with van der Waals surface area (Å²) in [6, 6.07) is 11.7. The van der Waals surface area contributed by atoms with E-state index < -0.39 is 18.6 Å². The van der Waals surface area contributed by atoms with Crippen molar-refractivity contribution in [2.24, 2.45) is 0 Å². The molecule has 0 fully saturated rings. The smallest absolute Gasteiger partial charge is 0.346 e. The number of benzene rings is 1. The highest BCUT2D eigenvalue weighted by Gasteiger charge is 2.32. The largest absolute Gasteiger partial charge is 0.405 e. The Hall–Kier alpha value is -1.86. The maximum Gasteiger partial charge on any atom is 0.405 e. The number of hydrogen-bond donors (Lipinski definition) is 1. The number of nitrogens with zero attached hydrogens (tertiary/aromatic N) is 1. The molecule has 1 N–H and O–H groups in total. The van der Waals surface area contributed by atoms with Crippen molar-refractivity contribution >= 4 is 17.2 Å². The van der Waals surface area contributed by atoms with Gasteiger partial charge >= 0.3 is 6.18 Å². The fourth-order valence-corrected chi connectivity index (χ4v) is 3.91. The standard InChI is InChI=1S/C17H17F3N2OS/c18-17(19,20)11-21-15(23)10-22-8-6-14-13(7-9-24-14)16(22)12-4-2-1-3-5-12/h1-5,7,9,16H,6,8,10-11H2,(H,21,23)/t16-/m0/s1. The number of halogens is 3. The molecule has 2 aromatic rings. The van der Waals surface area contributed by atoms with Gasteiger partial charge in [0.25, 0.3) is 0 Å². The first kappa shape index (κ1) is 17.0. The lowest BCUT2D eigenvalue weighted by Gasteiger charge is -2.35. The van der Waals surface area contributed by atoms with Gasteiger partial charge in [-0.05, 0) is 29.0 Å². The second kappa shape index (κ2) is 6.94. The quantitative estimate of drug-likeness (QED) is 0.913. The Kier molecular flexibility index (Phi) is 4.91. The van der Waals surface area contributed by atoms with Gasteiger partial charge in [0, 0.05) is 11.4 Å². The highest BCUT2D eigenvalue weighted by molar-refractivity contribution is 7.10. The number of hydrogen-bond acceptors (Lipinski definition) is 3. The minimum Gasteiger partial charge on any atom is -0.346 e. The lowest BCUT2D eigenvalue weighted by atomic mass is 9.93. The van der Waals surface area contributed by atoms with Gasteiger partial charge in [0.1, 0.15) is 6.54 Å². The number of alkyl halides is 3. The topological polar surface area (TPSA) is 32.3 Å². The van der Waals surface area contributed by atoms with E-state index in [-0.39, 0.29) is 12.6 Å². The van der Waals surface area contributed by atoms with Crippen LogP contribution >= 0.6 is 11.3 Å². The van der Waals surface area contributed by atoms with E-state index in [2.05, 4.69) is 0 Å². The van der Waals surface area contributed by atoms with Crippen LogP contribution in [-0.2, 0) is 11.2 Å². The maximum absolute atomic E-state index is 12.3. The first-order valence-corrected chi connectivity index (χ1v) is 8.51. The molecule has 0 unspecified atom stereocenters. The first-order chi connectivity index (χ1) is 11.4. The van der Waals surface area contributed by atoms with E-state index in [0.29, 0.717) is 6.54 Å². The summed E-state index contributed by atoms with van der Waals surface area (Å²) in [5, 5.41) is 3.98. The van der Waals surface area contributed by atoms with Crippen LogP contribution in [0.4, 0.5) is 13.2 Å². The molecule has 1 aromatic carbocycles. The van der Waals surface area contributed by atoms with Crippen molar-refractivity contribution in [3.8, 4) is 0 Å². The average Bonchev–Trinajstić information content (AvgIpc) is 3.01. The Morgan fingerprint density at radius 3 is 2.71 bits per heavy atom. The Balaban J connectivity index is 1.78. The van der Waals surface area contributed by atoms with E-state index in [0.717, 1.165) is 17.5 Å². The third-order valence-electron chi connectivity index (χ3n) is 4.01. The molecule has 1 atom stereocenters. The first-order valence-electron chi connectivity index (χ1n) is 7.63. The molecule has 7 heteroatoms. The third kappa shape index (κ3) is 3.96. The van der Waals surface area contributed by atoms with Crippen molar-refractivity contribution in [2.75, 3.05) is 19.6 Å². The Labute approximate surface area is 142 Å². The molecule has 3 rings (SSSR count). The molecular formula is C17H17F3N2OS. The molecule has 0 aliphatic carbocycles. The summed E-state index contributed by atoms with van der Waals surface area (Å²) in [7, 11) is 0. The Morgan fingerprint density at radius 1 is 1.25 bits per heavy atom. The summed E-state index contributed by atoms with van der Waals surface area (Å²) in [5.74, 6) is -0.605. The SMILES string of the molecule is O=C(CN1CCc2sccc2[C@@H]1c1ccccc1)NCC(F)(F)F. The van der Waals surface area contributed by atoms with E-state index in [1.165, 1.54) is 4.88 Å².